The quantitative estimate of drug-likeness (QED) is 0.867. The fourth-order valence-corrected chi connectivity index (χ4v) is 2.77. The number of nitrogens with two attached hydrogens (primary N) is 1. The summed E-state index contributed by atoms with van der Waals surface area (Å²) in [5.74, 6) is 0.974. The van der Waals surface area contributed by atoms with Gasteiger partial charge in [-0.3, -0.25) is 4.79 Å². The predicted octanol–water partition coefficient (Wildman–Crippen LogP) is 2.53. The number of aryl methyl sites for hydroxylation is 1. The fraction of sp³-hybridized carbons (Fsp3) is 0.588. The van der Waals surface area contributed by atoms with Crippen LogP contribution in [-0.4, -0.2) is 38.0 Å². The molecule has 1 aromatic rings. The Morgan fingerprint density at radius 1 is 1.33 bits per heavy atom. The molecule has 1 aliphatic rings. The lowest BCUT2D eigenvalue weighted by Gasteiger charge is -2.33. The second-order valence-corrected chi connectivity index (χ2v) is 6.35. The maximum absolute atomic E-state index is 11.6. The standard InChI is InChI=1S/C17H27N3O/c1-13-8-10-20(11-9-13)16-6-4-14(12-15(16)18)5-7-17(21)19(2)3/h4,6,12-13H,5,7-11,18H2,1-3H3. The molecule has 2 N–H and O–H groups in total. The van der Waals surface area contributed by atoms with E-state index in [1.54, 1.807) is 19.0 Å². The molecule has 1 amide bonds. The summed E-state index contributed by atoms with van der Waals surface area (Å²) in [7, 11) is 3.58. The van der Waals surface area contributed by atoms with Crippen LogP contribution in [0.1, 0.15) is 31.7 Å². The van der Waals surface area contributed by atoms with E-state index in [1.807, 2.05) is 6.07 Å². The Morgan fingerprint density at radius 2 is 2.00 bits per heavy atom. The van der Waals surface area contributed by atoms with Crippen LogP contribution in [0.25, 0.3) is 0 Å². The Balaban J connectivity index is 1.99. The minimum Gasteiger partial charge on any atom is -0.397 e. The summed E-state index contributed by atoms with van der Waals surface area (Å²) in [6.45, 7) is 4.49. The molecule has 2 rings (SSSR count). The van der Waals surface area contributed by atoms with E-state index in [0.717, 1.165) is 42.4 Å². The van der Waals surface area contributed by atoms with Crippen molar-refractivity contribution < 1.29 is 4.79 Å². The lowest BCUT2D eigenvalue weighted by Crippen LogP contribution is -2.33. The highest BCUT2D eigenvalue weighted by atomic mass is 16.2. The molecule has 0 aliphatic carbocycles. The third-order valence-corrected chi connectivity index (χ3v) is 4.34. The van der Waals surface area contributed by atoms with Crippen LogP contribution in [0.4, 0.5) is 11.4 Å². The smallest absolute Gasteiger partial charge is 0.222 e. The van der Waals surface area contributed by atoms with Gasteiger partial charge < -0.3 is 15.5 Å². The molecule has 1 aromatic carbocycles. The lowest BCUT2D eigenvalue weighted by molar-refractivity contribution is -0.128. The van der Waals surface area contributed by atoms with E-state index < -0.39 is 0 Å². The second kappa shape index (κ2) is 6.83. The van der Waals surface area contributed by atoms with Crippen LogP contribution in [0.5, 0.6) is 0 Å². The molecule has 1 heterocycles. The van der Waals surface area contributed by atoms with Gasteiger partial charge in [0.05, 0.1) is 11.4 Å². The van der Waals surface area contributed by atoms with Gasteiger partial charge in [-0.1, -0.05) is 13.0 Å². The number of rotatable bonds is 4. The summed E-state index contributed by atoms with van der Waals surface area (Å²) in [6, 6.07) is 6.24. The number of hydrogen-bond acceptors (Lipinski definition) is 3. The molecule has 1 fully saturated rings. The highest BCUT2D eigenvalue weighted by molar-refractivity contribution is 5.76. The van der Waals surface area contributed by atoms with Gasteiger partial charge in [0.1, 0.15) is 0 Å². The van der Waals surface area contributed by atoms with Crippen LogP contribution in [0.15, 0.2) is 18.2 Å². The molecule has 0 unspecified atom stereocenters. The van der Waals surface area contributed by atoms with Gasteiger partial charge in [0.25, 0.3) is 0 Å². The average molecular weight is 289 g/mol. The van der Waals surface area contributed by atoms with Crippen molar-refractivity contribution in [3.05, 3.63) is 23.8 Å². The molecule has 4 heteroatoms. The summed E-state index contributed by atoms with van der Waals surface area (Å²) < 4.78 is 0. The zero-order chi connectivity index (χ0) is 15.4. The number of nitrogens with zero attached hydrogens (tertiary/aromatic N) is 2. The molecule has 0 radical (unpaired) electrons. The zero-order valence-corrected chi connectivity index (χ0v) is 13.4. The first kappa shape index (κ1) is 15.7. The third kappa shape index (κ3) is 4.13. The maximum Gasteiger partial charge on any atom is 0.222 e. The van der Waals surface area contributed by atoms with Gasteiger partial charge in [0.15, 0.2) is 0 Å². The normalized spacial score (nSPS) is 16.0. The number of carbonyl (C=O) groups is 1. The van der Waals surface area contributed by atoms with Crippen molar-refractivity contribution in [2.24, 2.45) is 5.92 Å². The van der Waals surface area contributed by atoms with E-state index in [4.69, 9.17) is 5.73 Å². The summed E-state index contributed by atoms with van der Waals surface area (Å²) in [5, 5.41) is 0. The van der Waals surface area contributed by atoms with E-state index in [-0.39, 0.29) is 5.91 Å². The van der Waals surface area contributed by atoms with Crippen LogP contribution in [0, 0.1) is 5.92 Å². The van der Waals surface area contributed by atoms with Crippen molar-refractivity contribution in [3.63, 3.8) is 0 Å². The third-order valence-electron chi connectivity index (χ3n) is 4.34. The summed E-state index contributed by atoms with van der Waals surface area (Å²) >= 11 is 0. The Hall–Kier alpha value is -1.71. The van der Waals surface area contributed by atoms with E-state index in [0.29, 0.717) is 6.42 Å². The second-order valence-electron chi connectivity index (χ2n) is 6.35. The van der Waals surface area contributed by atoms with Gasteiger partial charge in [-0.15, -0.1) is 0 Å². The van der Waals surface area contributed by atoms with Crippen LogP contribution in [-0.2, 0) is 11.2 Å². The Morgan fingerprint density at radius 3 is 2.57 bits per heavy atom. The molecule has 1 saturated heterocycles. The number of hydrogen-bond donors (Lipinski definition) is 1. The molecular formula is C17H27N3O. The maximum atomic E-state index is 11.6. The van der Waals surface area contributed by atoms with Gasteiger partial charge in [-0.2, -0.15) is 0 Å². The fourth-order valence-electron chi connectivity index (χ4n) is 2.77. The highest BCUT2D eigenvalue weighted by Crippen LogP contribution is 2.29. The number of carbonyl (C=O) groups excluding carboxylic acids is 1. The summed E-state index contributed by atoms with van der Waals surface area (Å²) in [6.07, 6.45) is 3.75. The minimum atomic E-state index is 0.155. The van der Waals surface area contributed by atoms with E-state index >= 15 is 0 Å². The summed E-state index contributed by atoms with van der Waals surface area (Å²) in [5.41, 5.74) is 9.33. The number of piperidine rings is 1. The van der Waals surface area contributed by atoms with Crippen molar-refractivity contribution in [1.29, 1.82) is 0 Å². The molecule has 0 saturated carbocycles. The van der Waals surface area contributed by atoms with Gasteiger partial charge in [-0.05, 0) is 42.9 Å². The lowest BCUT2D eigenvalue weighted by atomic mass is 9.98. The Kier molecular flexibility index (Phi) is 5.10. The number of anilines is 2. The molecular weight excluding hydrogens is 262 g/mol. The Bertz CT molecular complexity index is 491. The first-order valence-corrected chi connectivity index (χ1v) is 7.81. The SMILES string of the molecule is CC1CCN(c2ccc(CCC(=O)N(C)C)cc2N)CC1. The first-order chi connectivity index (χ1) is 9.97. The minimum absolute atomic E-state index is 0.155. The molecule has 0 spiro atoms. The van der Waals surface area contributed by atoms with Crippen LogP contribution < -0.4 is 10.6 Å². The zero-order valence-electron chi connectivity index (χ0n) is 13.4. The molecule has 0 bridgehead atoms. The number of benzene rings is 1. The van der Waals surface area contributed by atoms with Gasteiger partial charge in [0, 0.05) is 33.6 Å². The van der Waals surface area contributed by atoms with Crippen LogP contribution in [0.3, 0.4) is 0 Å². The summed E-state index contributed by atoms with van der Waals surface area (Å²) in [4.78, 5) is 15.6. The predicted molar refractivity (Wildman–Crippen MR) is 88.5 cm³/mol. The van der Waals surface area contributed by atoms with E-state index in [2.05, 4.69) is 24.0 Å². The van der Waals surface area contributed by atoms with Gasteiger partial charge in [0.2, 0.25) is 5.91 Å². The molecule has 4 nitrogen and oxygen atoms in total. The van der Waals surface area contributed by atoms with Gasteiger partial charge in [-0.25, -0.2) is 0 Å². The topological polar surface area (TPSA) is 49.6 Å². The molecule has 0 atom stereocenters. The molecule has 1 aliphatic heterocycles. The average Bonchev–Trinajstić information content (AvgIpc) is 2.46. The van der Waals surface area contributed by atoms with E-state index in [1.165, 1.54) is 12.8 Å². The highest BCUT2D eigenvalue weighted by Gasteiger charge is 2.17. The first-order valence-electron chi connectivity index (χ1n) is 7.81. The molecule has 116 valence electrons. The van der Waals surface area contributed by atoms with Crippen molar-refractivity contribution >= 4 is 17.3 Å². The van der Waals surface area contributed by atoms with Crippen molar-refractivity contribution in [2.45, 2.75) is 32.6 Å². The van der Waals surface area contributed by atoms with Crippen molar-refractivity contribution in [3.8, 4) is 0 Å². The van der Waals surface area contributed by atoms with Crippen LogP contribution >= 0.6 is 0 Å². The molecule has 0 aromatic heterocycles. The van der Waals surface area contributed by atoms with Crippen molar-refractivity contribution in [1.82, 2.24) is 4.90 Å². The number of amides is 1. The van der Waals surface area contributed by atoms with Crippen LogP contribution in [0.2, 0.25) is 0 Å². The van der Waals surface area contributed by atoms with Crippen molar-refractivity contribution in [2.75, 3.05) is 37.8 Å². The largest absolute Gasteiger partial charge is 0.397 e. The van der Waals surface area contributed by atoms with Gasteiger partial charge >= 0.3 is 0 Å². The van der Waals surface area contributed by atoms with E-state index in [9.17, 15) is 4.79 Å². The monoisotopic (exact) mass is 289 g/mol. The molecule has 21 heavy (non-hydrogen) atoms. The number of nitrogen functional groups attached to an aromatic ring is 1. The Labute approximate surface area is 127 Å².